The molecular weight excluding hydrogens is 651 g/mol. The lowest BCUT2D eigenvalue weighted by Crippen LogP contribution is -2.70. The lowest BCUT2D eigenvalue weighted by molar-refractivity contribution is -0.115. The summed E-state index contributed by atoms with van der Waals surface area (Å²) in [5.41, 5.74) is 0.847. The van der Waals surface area contributed by atoms with Gasteiger partial charge in [0.2, 0.25) is 0 Å². The van der Waals surface area contributed by atoms with E-state index in [0.717, 1.165) is 28.1 Å². The van der Waals surface area contributed by atoms with Crippen LogP contribution in [0, 0.1) is 0 Å². The lowest BCUT2D eigenvalue weighted by atomic mass is 10.1. The normalized spacial score (nSPS) is 13.7. The SMILES string of the molecule is COc1ccc(N[C@H](CO[Si](c2ccccc2)(c2ccccc2)C(C)(C)C)[C@@H](C=O)O[Si](c2ccccc2)(c2ccccc2)C(C)(C)C)cc1. The molecular formula is C43H51NO4Si2. The van der Waals surface area contributed by atoms with Crippen LogP contribution in [0.15, 0.2) is 146 Å². The zero-order chi connectivity index (χ0) is 35.8. The Kier molecular flexibility index (Phi) is 11.6. The van der Waals surface area contributed by atoms with Gasteiger partial charge in [-0.2, -0.15) is 0 Å². The Morgan fingerprint density at radius 3 is 1.30 bits per heavy atom. The van der Waals surface area contributed by atoms with E-state index in [1.807, 2.05) is 48.5 Å². The molecule has 0 unspecified atom stereocenters. The first-order chi connectivity index (χ1) is 24.0. The Balaban J connectivity index is 1.66. The van der Waals surface area contributed by atoms with Gasteiger partial charge in [-0.25, -0.2) is 0 Å². The molecule has 5 rings (SSSR count). The van der Waals surface area contributed by atoms with Crippen LogP contribution in [-0.2, 0) is 13.6 Å². The zero-order valence-electron chi connectivity index (χ0n) is 30.4. The van der Waals surface area contributed by atoms with E-state index < -0.39 is 28.8 Å². The Morgan fingerprint density at radius 2 is 0.960 bits per heavy atom. The average molecular weight is 702 g/mol. The van der Waals surface area contributed by atoms with Crippen LogP contribution in [0.2, 0.25) is 10.1 Å². The van der Waals surface area contributed by atoms with Crippen LogP contribution >= 0.6 is 0 Å². The standard InChI is InChI=1S/C43H51NO4Si2/c1-42(2,3)49(36-20-12-8-13-21-36,37-22-14-9-15-23-37)47-33-40(44-34-28-30-35(46-7)31-29-34)41(32-45)48-50(43(4,5)6,38-24-16-10-17-25-38)39-26-18-11-19-27-39/h8-32,40-41,44H,33H2,1-7H3/t40-,41-/m1/s1. The van der Waals surface area contributed by atoms with E-state index in [0.29, 0.717) is 0 Å². The largest absolute Gasteiger partial charge is 0.497 e. The van der Waals surface area contributed by atoms with E-state index in [4.69, 9.17) is 13.6 Å². The van der Waals surface area contributed by atoms with Gasteiger partial charge in [0, 0.05) is 5.69 Å². The molecule has 5 aromatic rings. The van der Waals surface area contributed by atoms with Crippen LogP contribution in [0.4, 0.5) is 5.69 Å². The van der Waals surface area contributed by atoms with E-state index in [-0.39, 0.29) is 16.7 Å². The average Bonchev–Trinajstić information content (AvgIpc) is 3.13. The number of rotatable bonds is 14. The molecule has 5 nitrogen and oxygen atoms in total. The third kappa shape index (κ3) is 7.56. The number of carbonyl (C=O) groups excluding carboxylic acids is 1. The van der Waals surface area contributed by atoms with Crippen molar-refractivity contribution in [2.24, 2.45) is 0 Å². The first kappa shape index (κ1) is 37.0. The summed E-state index contributed by atoms with van der Waals surface area (Å²) in [6.45, 7) is 13.7. The second-order valence-electron chi connectivity index (χ2n) is 14.8. The van der Waals surface area contributed by atoms with Crippen molar-refractivity contribution in [2.45, 2.75) is 63.8 Å². The predicted octanol–water partition coefficient (Wildman–Crippen LogP) is 7.20. The van der Waals surface area contributed by atoms with Crippen molar-refractivity contribution in [2.75, 3.05) is 19.0 Å². The number of hydrogen-bond acceptors (Lipinski definition) is 5. The molecule has 0 aromatic heterocycles. The van der Waals surface area contributed by atoms with Crippen LogP contribution in [0.3, 0.4) is 0 Å². The molecule has 260 valence electrons. The second kappa shape index (κ2) is 15.7. The predicted molar refractivity (Wildman–Crippen MR) is 213 cm³/mol. The van der Waals surface area contributed by atoms with Crippen LogP contribution in [-0.4, -0.2) is 48.8 Å². The molecule has 7 heteroatoms. The highest BCUT2D eigenvalue weighted by atomic mass is 28.4. The summed E-state index contributed by atoms with van der Waals surface area (Å²) in [5, 5.41) is 7.72. The highest BCUT2D eigenvalue weighted by molar-refractivity contribution is 7.00. The molecule has 0 spiro atoms. The first-order valence-electron chi connectivity index (χ1n) is 17.4. The third-order valence-electron chi connectivity index (χ3n) is 9.60. The fraction of sp³-hybridized carbons (Fsp3) is 0.279. The minimum atomic E-state index is -3.10. The minimum absolute atomic E-state index is 0.237. The maximum atomic E-state index is 13.6. The molecule has 0 aliphatic carbocycles. The van der Waals surface area contributed by atoms with E-state index in [1.165, 1.54) is 10.4 Å². The van der Waals surface area contributed by atoms with Crippen LogP contribution in [0.1, 0.15) is 41.5 Å². The van der Waals surface area contributed by atoms with Gasteiger partial charge in [0.25, 0.3) is 16.6 Å². The Bertz CT molecular complexity index is 1690. The zero-order valence-corrected chi connectivity index (χ0v) is 32.4. The summed E-state index contributed by atoms with van der Waals surface area (Å²) in [7, 11) is -4.39. The highest BCUT2D eigenvalue weighted by Gasteiger charge is 2.54. The number of ether oxygens (including phenoxy) is 1. The molecule has 50 heavy (non-hydrogen) atoms. The number of hydrogen-bond donors (Lipinski definition) is 1. The molecule has 0 bridgehead atoms. The smallest absolute Gasteiger partial charge is 0.262 e. The Labute approximate surface area is 300 Å². The van der Waals surface area contributed by atoms with Gasteiger partial charge < -0.3 is 23.7 Å². The van der Waals surface area contributed by atoms with E-state index in [1.54, 1.807) is 7.11 Å². The van der Waals surface area contributed by atoms with Crippen molar-refractivity contribution in [1.29, 1.82) is 0 Å². The maximum Gasteiger partial charge on any atom is 0.262 e. The molecule has 0 aliphatic rings. The topological polar surface area (TPSA) is 56.8 Å². The van der Waals surface area contributed by atoms with E-state index in [9.17, 15) is 4.79 Å². The van der Waals surface area contributed by atoms with Crippen molar-refractivity contribution in [3.8, 4) is 5.75 Å². The van der Waals surface area contributed by atoms with Crippen LogP contribution in [0.25, 0.3) is 0 Å². The van der Waals surface area contributed by atoms with Gasteiger partial charge in [-0.3, -0.25) is 0 Å². The fourth-order valence-corrected chi connectivity index (χ4v) is 16.4. The lowest BCUT2D eigenvalue weighted by Gasteiger charge is -2.47. The van der Waals surface area contributed by atoms with Crippen molar-refractivity contribution in [3.63, 3.8) is 0 Å². The van der Waals surface area contributed by atoms with Gasteiger partial charge in [-0.1, -0.05) is 163 Å². The van der Waals surface area contributed by atoms with Crippen molar-refractivity contribution >= 4 is 49.4 Å². The van der Waals surface area contributed by atoms with Crippen molar-refractivity contribution in [3.05, 3.63) is 146 Å². The quantitative estimate of drug-likeness (QED) is 0.0982. The minimum Gasteiger partial charge on any atom is -0.497 e. The van der Waals surface area contributed by atoms with Gasteiger partial charge >= 0.3 is 0 Å². The number of methoxy groups -OCH3 is 1. The van der Waals surface area contributed by atoms with Gasteiger partial charge in [0.1, 0.15) is 18.1 Å². The highest BCUT2D eigenvalue weighted by Crippen LogP contribution is 2.39. The van der Waals surface area contributed by atoms with Crippen molar-refractivity contribution < 1.29 is 18.4 Å². The van der Waals surface area contributed by atoms with Gasteiger partial charge in [-0.05, 0) is 55.1 Å². The number of nitrogens with one attached hydrogen (secondary N) is 1. The number of carbonyl (C=O) groups is 1. The number of anilines is 1. The molecule has 5 aromatic carbocycles. The number of aldehydes is 1. The third-order valence-corrected chi connectivity index (χ3v) is 19.6. The summed E-state index contributed by atoms with van der Waals surface area (Å²) >= 11 is 0. The maximum absolute atomic E-state index is 13.6. The van der Waals surface area contributed by atoms with Crippen LogP contribution in [0.5, 0.6) is 5.75 Å². The fourth-order valence-electron chi connectivity index (χ4n) is 7.20. The van der Waals surface area contributed by atoms with Gasteiger partial charge in [0.15, 0.2) is 0 Å². The molecule has 1 N–H and O–H groups in total. The number of benzene rings is 5. The second-order valence-corrected chi connectivity index (χ2v) is 23.4. The van der Waals surface area contributed by atoms with Gasteiger partial charge in [-0.15, -0.1) is 0 Å². The monoisotopic (exact) mass is 701 g/mol. The van der Waals surface area contributed by atoms with Crippen molar-refractivity contribution in [1.82, 2.24) is 0 Å². The molecule has 0 heterocycles. The molecule has 0 radical (unpaired) electrons. The summed E-state index contributed by atoms with van der Waals surface area (Å²) < 4.78 is 20.4. The molecule has 0 aliphatic heterocycles. The van der Waals surface area contributed by atoms with E-state index >= 15 is 0 Å². The van der Waals surface area contributed by atoms with Gasteiger partial charge in [0.05, 0.1) is 19.8 Å². The molecule has 0 fully saturated rings. The molecule has 0 saturated carbocycles. The van der Waals surface area contributed by atoms with Crippen LogP contribution < -0.4 is 30.8 Å². The summed E-state index contributed by atoms with van der Waals surface area (Å²) in [6.07, 6.45) is 0.122. The summed E-state index contributed by atoms with van der Waals surface area (Å²) in [6, 6.07) is 49.3. The Morgan fingerprint density at radius 1 is 0.580 bits per heavy atom. The molecule has 0 saturated heterocycles. The summed E-state index contributed by atoms with van der Waals surface area (Å²) in [4.78, 5) is 13.6. The first-order valence-corrected chi connectivity index (χ1v) is 21.2. The summed E-state index contributed by atoms with van der Waals surface area (Å²) in [5.74, 6) is 0.756. The van der Waals surface area contributed by atoms with E-state index in [2.05, 4.69) is 144 Å². The Hall–Kier alpha value is -4.28. The molecule has 0 amide bonds. The molecule has 2 atom stereocenters.